The van der Waals surface area contributed by atoms with Gasteiger partial charge < -0.3 is 0 Å². The molecule has 2 rings (SSSR count). The van der Waals surface area contributed by atoms with Crippen LogP contribution >= 0.6 is 0 Å². The number of allylic oxidation sites excluding steroid dienone is 4. The van der Waals surface area contributed by atoms with E-state index in [0.29, 0.717) is 5.56 Å². The summed E-state index contributed by atoms with van der Waals surface area (Å²) in [6.07, 6.45) is 4.04. The van der Waals surface area contributed by atoms with Crippen LogP contribution < -0.4 is 0 Å². The molecular weight excluding hydrogens is 182 g/mol. The summed E-state index contributed by atoms with van der Waals surface area (Å²) in [5.41, 5.74) is -1.18. The van der Waals surface area contributed by atoms with Crippen molar-refractivity contribution in [2.75, 3.05) is 0 Å². The third kappa shape index (κ3) is 1.60. The summed E-state index contributed by atoms with van der Waals surface area (Å²) in [4.78, 5) is 0. The van der Waals surface area contributed by atoms with Crippen LogP contribution in [0.15, 0.2) is 54.4 Å². The maximum atomic E-state index is 14.2. The summed E-state index contributed by atoms with van der Waals surface area (Å²) in [5, 5.41) is 0. The Labute approximate surface area is 81.6 Å². The topological polar surface area (TPSA) is 0 Å². The van der Waals surface area contributed by atoms with E-state index in [1.54, 1.807) is 24.3 Å². The Morgan fingerprint density at radius 3 is 2.50 bits per heavy atom. The lowest BCUT2D eigenvalue weighted by Gasteiger charge is -2.22. The maximum Gasteiger partial charge on any atom is 0.160 e. The van der Waals surface area contributed by atoms with Gasteiger partial charge >= 0.3 is 0 Å². The zero-order valence-corrected chi connectivity index (χ0v) is 7.58. The van der Waals surface area contributed by atoms with Crippen LogP contribution in [0.2, 0.25) is 0 Å². The van der Waals surface area contributed by atoms with Crippen molar-refractivity contribution in [3.63, 3.8) is 0 Å². The third-order valence-corrected chi connectivity index (χ3v) is 2.31. The molecule has 0 aromatic heterocycles. The lowest BCUT2D eigenvalue weighted by Crippen LogP contribution is -2.18. The van der Waals surface area contributed by atoms with Crippen molar-refractivity contribution in [3.8, 4) is 0 Å². The molecule has 1 unspecified atom stereocenters. The quantitative estimate of drug-likeness (QED) is 0.637. The second-order valence-corrected chi connectivity index (χ2v) is 3.36. The van der Waals surface area contributed by atoms with E-state index >= 15 is 0 Å². The van der Waals surface area contributed by atoms with E-state index < -0.39 is 11.5 Å². The number of rotatable bonds is 1. The molecule has 1 atom stereocenters. The molecule has 1 aliphatic carbocycles. The lowest BCUT2D eigenvalue weighted by molar-refractivity contribution is 0.230. The van der Waals surface area contributed by atoms with Crippen LogP contribution in [-0.2, 0) is 5.67 Å². The van der Waals surface area contributed by atoms with Crippen molar-refractivity contribution in [3.05, 3.63) is 60.0 Å². The minimum Gasteiger partial charge on any atom is -0.234 e. The highest BCUT2D eigenvalue weighted by Crippen LogP contribution is 2.35. The summed E-state index contributed by atoms with van der Waals surface area (Å²) in [7, 11) is 0. The van der Waals surface area contributed by atoms with Gasteiger partial charge in [-0.05, 0) is 17.7 Å². The molecule has 0 fully saturated rings. The smallest absolute Gasteiger partial charge is 0.160 e. The molecule has 0 saturated heterocycles. The maximum absolute atomic E-state index is 14.2. The molecule has 0 aliphatic heterocycles. The molecule has 0 nitrogen and oxygen atoms in total. The Morgan fingerprint density at radius 2 is 1.86 bits per heavy atom. The molecule has 0 spiro atoms. The molecule has 0 bridgehead atoms. The van der Waals surface area contributed by atoms with E-state index in [1.165, 1.54) is 12.2 Å². The number of benzene rings is 1. The van der Waals surface area contributed by atoms with E-state index in [9.17, 15) is 8.78 Å². The Morgan fingerprint density at radius 1 is 1.14 bits per heavy atom. The molecule has 0 radical (unpaired) electrons. The minimum atomic E-state index is -1.68. The van der Waals surface area contributed by atoms with Crippen LogP contribution in [-0.4, -0.2) is 0 Å². The predicted octanol–water partition coefficient (Wildman–Crippen LogP) is 3.66. The summed E-state index contributed by atoms with van der Waals surface area (Å²) >= 11 is 0. The fourth-order valence-corrected chi connectivity index (χ4v) is 1.59. The second-order valence-electron chi connectivity index (χ2n) is 3.36. The highest BCUT2D eigenvalue weighted by atomic mass is 19.1. The largest absolute Gasteiger partial charge is 0.234 e. The Kier molecular flexibility index (Phi) is 2.20. The van der Waals surface area contributed by atoms with Crippen molar-refractivity contribution in [2.24, 2.45) is 0 Å². The number of hydrogen-bond donors (Lipinski definition) is 0. The Balaban J connectivity index is 2.39. The highest BCUT2D eigenvalue weighted by molar-refractivity contribution is 5.34. The number of hydrogen-bond acceptors (Lipinski definition) is 0. The zero-order valence-electron chi connectivity index (χ0n) is 7.58. The van der Waals surface area contributed by atoms with Gasteiger partial charge in [-0.3, -0.25) is 0 Å². The standard InChI is InChI=1S/C12H10F2/c13-11-7-4-8-12(14,9-11)10-5-2-1-3-6-10/h1-7,9H,8H2. The summed E-state index contributed by atoms with van der Waals surface area (Å²) < 4.78 is 27.1. The van der Waals surface area contributed by atoms with Crippen LogP contribution in [0.4, 0.5) is 8.78 Å². The first-order valence-electron chi connectivity index (χ1n) is 4.50. The normalized spacial score (nSPS) is 26.0. The van der Waals surface area contributed by atoms with Gasteiger partial charge in [0.1, 0.15) is 5.83 Å². The van der Waals surface area contributed by atoms with Crippen molar-refractivity contribution in [2.45, 2.75) is 12.1 Å². The predicted molar refractivity (Wildman–Crippen MR) is 52.2 cm³/mol. The Bertz CT molecular complexity index is 379. The molecular formula is C12H10F2. The molecule has 72 valence electrons. The molecule has 0 N–H and O–H groups in total. The average Bonchev–Trinajstić information content (AvgIpc) is 2.19. The molecule has 1 aromatic rings. The summed E-state index contributed by atoms with van der Waals surface area (Å²) in [6.45, 7) is 0. The molecule has 0 amide bonds. The molecule has 0 heterocycles. The lowest BCUT2D eigenvalue weighted by atomic mass is 9.89. The molecule has 14 heavy (non-hydrogen) atoms. The van der Waals surface area contributed by atoms with Gasteiger partial charge in [-0.2, -0.15) is 0 Å². The highest BCUT2D eigenvalue weighted by Gasteiger charge is 2.30. The minimum absolute atomic E-state index is 0.199. The first-order valence-corrected chi connectivity index (χ1v) is 4.50. The van der Waals surface area contributed by atoms with Crippen LogP contribution in [0.5, 0.6) is 0 Å². The van der Waals surface area contributed by atoms with Crippen LogP contribution in [0.1, 0.15) is 12.0 Å². The summed E-state index contributed by atoms with van der Waals surface area (Å²) in [5.74, 6) is -0.511. The van der Waals surface area contributed by atoms with Crippen molar-refractivity contribution in [1.29, 1.82) is 0 Å². The fraction of sp³-hybridized carbons (Fsp3) is 0.167. The van der Waals surface area contributed by atoms with Crippen molar-refractivity contribution in [1.82, 2.24) is 0 Å². The summed E-state index contributed by atoms with van der Waals surface area (Å²) in [6, 6.07) is 8.65. The zero-order chi connectivity index (χ0) is 10.0. The number of alkyl halides is 1. The first kappa shape index (κ1) is 9.13. The van der Waals surface area contributed by atoms with Gasteiger partial charge in [0, 0.05) is 6.42 Å². The van der Waals surface area contributed by atoms with E-state index in [-0.39, 0.29) is 6.42 Å². The second kappa shape index (κ2) is 3.37. The van der Waals surface area contributed by atoms with E-state index in [2.05, 4.69) is 0 Å². The van der Waals surface area contributed by atoms with Gasteiger partial charge in [0.2, 0.25) is 0 Å². The number of halogens is 2. The average molecular weight is 192 g/mol. The van der Waals surface area contributed by atoms with Gasteiger partial charge in [-0.15, -0.1) is 0 Å². The fourth-order valence-electron chi connectivity index (χ4n) is 1.59. The van der Waals surface area contributed by atoms with Crippen molar-refractivity contribution >= 4 is 0 Å². The van der Waals surface area contributed by atoms with Crippen LogP contribution in [0.25, 0.3) is 0 Å². The van der Waals surface area contributed by atoms with Gasteiger partial charge in [0.15, 0.2) is 5.67 Å². The van der Waals surface area contributed by atoms with Gasteiger partial charge in [0.05, 0.1) is 0 Å². The van der Waals surface area contributed by atoms with Gasteiger partial charge in [-0.25, -0.2) is 8.78 Å². The van der Waals surface area contributed by atoms with E-state index in [0.717, 1.165) is 6.08 Å². The van der Waals surface area contributed by atoms with Crippen molar-refractivity contribution < 1.29 is 8.78 Å². The molecule has 2 heteroatoms. The third-order valence-electron chi connectivity index (χ3n) is 2.31. The Hall–Kier alpha value is -1.44. The monoisotopic (exact) mass is 192 g/mol. The molecule has 1 aliphatic rings. The van der Waals surface area contributed by atoms with E-state index in [1.807, 2.05) is 6.07 Å². The van der Waals surface area contributed by atoms with Gasteiger partial charge in [0.25, 0.3) is 0 Å². The molecule has 1 aromatic carbocycles. The first-order chi connectivity index (χ1) is 6.71. The molecule has 0 saturated carbocycles. The van der Waals surface area contributed by atoms with Crippen LogP contribution in [0.3, 0.4) is 0 Å². The van der Waals surface area contributed by atoms with E-state index in [4.69, 9.17) is 0 Å². The van der Waals surface area contributed by atoms with Gasteiger partial charge in [-0.1, -0.05) is 36.4 Å². The SMILES string of the molecule is FC1=CC(F)(c2ccccc2)CC=C1. The van der Waals surface area contributed by atoms with Crippen LogP contribution in [0, 0.1) is 0 Å².